The number of sulfonamides is 1. The van der Waals surface area contributed by atoms with Gasteiger partial charge in [0.15, 0.2) is 0 Å². The maximum atomic E-state index is 12.4. The Labute approximate surface area is 149 Å². The van der Waals surface area contributed by atoms with Crippen molar-refractivity contribution >= 4 is 21.7 Å². The molecule has 2 heterocycles. The van der Waals surface area contributed by atoms with E-state index in [4.69, 9.17) is 8.83 Å². The van der Waals surface area contributed by atoms with Gasteiger partial charge in [-0.2, -0.15) is 0 Å². The summed E-state index contributed by atoms with van der Waals surface area (Å²) in [6.45, 7) is 0.242. The van der Waals surface area contributed by atoms with Gasteiger partial charge in [0.25, 0.3) is 0 Å². The molecule has 136 valence electrons. The van der Waals surface area contributed by atoms with E-state index >= 15 is 0 Å². The van der Waals surface area contributed by atoms with Gasteiger partial charge in [-0.25, -0.2) is 17.9 Å². The van der Waals surface area contributed by atoms with Crippen LogP contribution in [0.3, 0.4) is 0 Å². The standard InChI is InChI=1S/C17H16N2O6S/c20-17(21)15-9-14(26(22,23)19-11-13-4-2-8-25-13)5-6-16(15)18-10-12-3-1-7-24-12/h1-9,18-19H,10-11H2,(H,20,21). The highest BCUT2D eigenvalue weighted by Crippen LogP contribution is 2.22. The van der Waals surface area contributed by atoms with Crippen LogP contribution in [-0.2, 0) is 23.1 Å². The Morgan fingerprint density at radius 3 is 2.23 bits per heavy atom. The summed E-state index contributed by atoms with van der Waals surface area (Å²) < 4.78 is 37.4. The van der Waals surface area contributed by atoms with Crippen molar-refractivity contribution in [3.8, 4) is 0 Å². The van der Waals surface area contributed by atoms with E-state index in [9.17, 15) is 18.3 Å². The molecule has 0 aliphatic heterocycles. The first-order valence-electron chi connectivity index (χ1n) is 7.61. The van der Waals surface area contributed by atoms with Crippen molar-refractivity contribution in [1.82, 2.24) is 4.72 Å². The minimum absolute atomic E-state index is 0.0315. The van der Waals surface area contributed by atoms with Gasteiger partial charge in [-0.15, -0.1) is 0 Å². The van der Waals surface area contributed by atoms with Crippen molar-refractivity contribution in [2.75, 3.05) is 5.32 Å². The molecule has 0 radical (unpaired) electrons. The maximum Gasteiger partial charge on any atom is 0.337 e. The van der Waals surface area contributed by atoms with Crippen molar-refractivity contribution in [1.29, 1.82) is 0 Å². The zero-order valence-corrected chi connectivity index (χ0v) is 14.3. The molecule has 0 spiro atoms. The fraction of sp³-hybridized carbons (Fsp3) is 0.118. The number of furan rings is 2. The Kier molecular flexibility index (Phi) is 5.10. The second-order valence-corrected chi connectivity index (χ2v) is 7.12. The number of aromatic carboxylic acids is 1. The number of benzene rings is 1. The number of carboxylic acids is 1. The topological polar surface area (TPSA) is 122 Å². The molecule has 3 rings (SSSR count). The number of carboxylic acid groups (broad SMARTS) is 1. The lowest BCUT2D eigenvalue weighted by molar-refractivity contribution is 0.0697. The molecule has 9 heteroatoms. The molecule has 0 unspecified atom stereocenters. The molecular weight excluding hydrogens is 360 g/mol. The van der Waals surface area contributed by atoms with E-state index < -0.39 is 16.0 Å². The fourth-order valence-corrected chi connectivity index (χ4v) is 3.30. The van der Waals surface area contributed by atoms with E-state index in [1.54, 1.807) is 24.3 Å². The van der Waals surface area contributed by atoms with Crippen molar-refractivity contribution < 1.29 is 27.2 Å². The second kappa shape index (κ2) is 7.46. The molecule has 0 atom stereocenters. The normalized spacial score (nSPS) is 11.4. The number of carbonyl (C=O) groups is 1. The molecule has 1 aromatic carbocycles. The zero-order valence-electron chi connectivity index (χ0n) is 13.5. The average molecular weight is 376 g/mol. The quantitative estimate of drug-likeness (QED) is 0.552. The first-order chi connectivity index (χ1) is 12.5. The first-order valence-corrected chi connectivity index (χ1v) is 9.10. The van der Waals surface area contributed by atoms with Crippen LogP contribution in [0.4, 0.5) is 5.69 Å². The highest BCUT2D eigenvalue weighted by atomic mass is 32.2. The van der Waals surface area contributed by atoms with Gasteiger partial charge in [0.05, 0.1) is 36.1 Å². The summed E-state index contributed by atoms with van der Waals surface area (Å²) in [5, 5.41) is 12.3. The molecule has 0 fully saturated rings. The van der Waals surface area contributed by atoms with E-state index in [2.05, 4.69) is 10.0 Å². The number of hydrogen-bond donors (Lipinski definition) is 3. The SMILES string of the molecule is O=C(O)c1cc(S(=O)(=O)NCc2ccco2)ccc1NCc1ccco1. The lowest BCUT2D eigenvalue weighted by Crippen LogP contribution is -2.23. The smallest absolute Gasteiger partial charge is 0.337 e. The van der Waals surface area contributed by atoms with Crippen LogP contribution in [-0.4, -0.2) is 19.5 Å². The van der Waals surface area contributed by atoms with Crippen LogP contribution in [0.15, 0.2) is 68.7 Å². The lowest BCUT2D eigenvalue weighted by atomic mass is 10.2. The molecule has 0 bridgehead atoms. The molecule has 3 aromatic rings. The van der Waals surface area contributed by atoms with Crippen LogP contribution >= 0.6 is 0 Å². The zero-order chi connectivity index (χ0) is 18.6. The Morgan fingerprint density at radius 2 is 1.65 bits per heavy atom. The predicted octanol–water partition coefficient (Wildman–Crippen LogP) is 2.66. The van der Waals surface area contributed by atoms with Crippen molar-refractivity contribution in [3.63, 3.8) is 0 Å². The lowest BCUT2D eigenvalue weighted by Gasteiger charge is -2.11. The summed E-state index contributed by atoms with van der Waals surface area (Å²) >= 11 is 0. The van der Waals surface area contributed by atoms with Gasteiger partial charge in [-0.3, -0.25) is 0 Å². The monoisotopic (exact) mass is 376 g/mol. The molecule has 26 heavy (non-hydrogen) atoms. The predicted molar refractivity (Wildman–Crippen MR) is 92.2 cm³/mol. The van der Waals surface area contributed by atoms with Gasteiger partial charge in [-0.1, -0.05) is 0 Å². The average Bonchev–Trinajstić information content (AvgIpc) is 3.31. The molecule has 0 amide bonds. The second-order valence-electron chi connectivity index (χ2n) is 5.35. The molecule has 0 aliphatic carbocycles. The van der Waals surface area contributed by atoms with Gasteiger partial charge >= 0.3 is 5.97 Å². The van der Waals surface area contributed by atoms with Crippen molar-refractivity contribution in [3.05, 3.63) is 72.1 Å². The van der Waals surface area contributed by atoms with Crippen molar-refractivity contribution in [2.24, 2.45) is 0 Å². The molecule has 3 N–H and O–H groups in total. The van der Waals surface area contributed by atoms with E-state index in [0.29, 0.717) is 17.2 Å². The van der Waals surface area contributed by atoms with Crippen LogP contribution in [0.1, 0.15) is 21.9 Å². The molecule has 8 nitrogen and oxygen atoms in total. The molecule has 0 aliphatic rings. The van der Waals surface area contributed by atoms with Crippen LogP contribution in [0.25, 0.3) is 0 Å². The number of anilines is 1. The maximum absolute atomic E-state index is 12.4. The molecule has 0 saturated carbocycles. The minimum atomic E-state index is -3.89. The van der Waals surface area contributed by atoms with E-state index in [1.807, 2.05) is 0 Å². The molecular formula is C17H16N2O6S. The van der Waals surface area contributed by atoms with Crippen molar-refractivity contribution in [2.45, 2.75) is 18.0 Å². The first kappa shape index (κ1) is 17.8. The van der Waals surface area contributed by atoms with Crippen LogP contribution in [0, 0.1) is 0 Å². The minimum Gasteiger partial charge on any atom is -0.478 e. The van der Waals surface area contributed by atoms with Gasteiger partial charge in [0.1, 0.15) is 11.5 Å². The summed E-state index contributed by atoms with van der Waals surface area (Å²) in [4.78, 5) is 11.4. The third-order valence-electron chi connectivity index (χ3n) is 3.58. The number of rotatable bonds is 8. The van der Waals surface area contributed by atoms with E-state index in [1.165, 1.54) is 24.7 Å². The van der Waals surface area contributed by atoms with E-state index in [-0.39, 0.29) is 23.5 Å². The summed E-state index contributed by atoms with van der Waals surface area (Å²) in [6.07, 6.45) is 2.95. The summed E-state index contributed by atoms with van der Waals surface area (Å²) in [5.41, 5.74) is 0.135. The highest BCUT2D eigenvalue weighted by molar-refractivity contribution is 7.89. The molecule has 2 aromatic heterocycles. The third kappa shape index (κ3) is 4.13. The van der Waals surface area contributed by atoms with E-state index in [0.717, 1.165) is 6.07 Å². The Balaban J connectivity index is 1.79. The van der Waals surface area contributed by atoms with Gasteiger partial charge in [-0.05, 0) is 42.5 Å². The summed E-state index contributed by atoms with van der Waals surface area (Å²) in [7, 11) is -3.89. The summed E-state index contributed by atoms with van der Waals surface area (Å²) in [6, 6.07) is 10.6. The molecule has 0 saturated heterocycles. The number of nitrogens with one attached hydrogen (secondary N) is 2. The Hall–Kier alpha value is -3.04. The Bertz CT molecular complexity index is 978. The Morgan fingerprint density at radius 1 is 1.00 bits per heavy atom. The van der Waals surface area contributed by atoms with Gasteiger partial charge in [0, 0.05) is 5.69 Å². The largest absolute Gasteiger partial charge is 0.478 e. The van der Waals surface area contributed by atoms with Crippen LogP contribution in [0.2, 0.25) is 0 Å². The third-order valence-corrected chi connectivity index (χ3v) is 4.98. The van der Waals surface area contributed by atoms with Gasteiger partial charge in [0.2, 0.25) is 10.0 Å². The van der Waals surface area contributed by atoms with Crippen LogP contribution < -0.4 is 10.0 Å². The number of hydrogen-bond acceptors (Lipinski definition) is 6. The fourth-order valence-electron chi connectivity index (χ4n) is 2.28. The van der Waals surface area contributed by atoms with Crippen LogP contribution in [0.5, 0.6) is 0 Å². The van der Waals surface area contributed by atoms with Gasteiger partial charge < -0.3 is 19.3 Å². The highest BCUT2D eigenvalue weighted by Gasteiger charge is 2.19. The summed E-state index contributed by atoms with van der Waals surface area (Å²) in [5.74, 6) is -0.169.